The molecule has 0 radical (unpaired) electrons. The average molecular weight is 182 g/mol. The minimum absolute atomic E-state index is 0.961. The van der Waals surface area contributed by atoms with E-state index in [4.69, 9.17) is 0 Å². The van der Waals surface area contributed by atoms with Gasteiger partial charge in [-0.05, 0) is 36.5 Å². The maximum Gasteiger partial charge on any atom is -0.0357 e. The zero-order valence-corrected chi connectivity index (χ0v) is 9.84. The highest BCUT2D eigenvalue weighted by atomic mass is 14.4. The lowest BCUT2D eigenvalue weighted by Crippen LogP contribution is -2.08. The summed E-state index contributed by atoms with van der Waals surface area (Å²) in [5.41, 5.74) is 0. The van der Waals surface area contributed by atoms with Crippen molar-refractivity contribution in [3.8, 4) is 0 Å². The third-order valence-electron chi connectivity index (χ3n) is 3.79. The Morgan fingerprint density at radius 2 is 1.92 bits per heavy atom. The Kier molecular flexibility index (Phi) is 4.28. The van der Waals surface area contributed by atoms with Crippen LogP contribution in [0.4, 0.5) is 0 Å². The maximum absolute atomic E-state index is 2.43. The largest absolute Gasteiger partial charge is 0.0654 e. The summed E-state index contributed by atoms with van der Waals surface area (Å²) in [6, 6.07) is 0. The SMILES string of the molecule is CCCC(C)CC(CC)C1CC1C. The number of hydrogen-bond acceptors (Lipinski definition) is 0. The van der Waals surface area contributed by atoms with Crippen molar-refractivity contribution in [2.75, 3.05) is 0 Å². The molecule has 1 aliphatic carbocycles. The van der Waals surface area contributed by atoms with Crippen molar-refractivity contribution in [3.05, 3.63) is 0 Å². The second kappa shape index (κ2) is 5.02. The van der Waals surface area contributed by atoms with E-state index in [0.29, 0.717) is 0 Å². The number of rotatable bonds is 6. The normalized spacial score (nSPS) is 31.4. The molecule has 0 N–H and O–H groups in total. The van der Waals surface area contributed by atoms with E-state index in [1.165, 1.54) is 32.1 Å². The predicted molar refractivity (Wildman–Crippen MR) is 59.7 cm³/mol. The van der Waals surface area contributed by atoms with E-state index in [2.05, 4.69) is 27.7 Å². The van der Waals surface area contributed by atoms with Crippen LogP contribution in [0.3, 0.4) is 0 Å². The second-order valence-corrected chi connectivity index (χ2v) is 5.17. The van der Waals surface area contributed by atoms with Gasteiger partial charge in [0, 0.05) is 0 Å². The van der Waals surface area contributed by atoms with Crippen LogP contribution in [0.2, 0.25) is 0 Å². The standard InChI is InChI=1S/C13H26/c1-5-7-10(3)8-12(6-2)13-9-11(13)4/h10-13H,5-9H2,1-4H3. The fourth-order valence-corrected chi connectivity index (χ4v) is 2.78. The van der Waals surface area contributed by atoms with Crippen LogP contribution in [-0.2, 0) is 0 Å². The van der Waals surface area contributed by atoms with Crippen LogP contribution in [0.15, 0.2) is 0 Å². The summed E-state index contributed by atoms with van der Waals surface area (Å²) in [5, 5.41) is 0. The first-order valence-electron chi connectivity index (χ1n) is 6.19. The van der Waals surface area contributed by atoms with Crippen LogP contribution in [-0.4, -0.2) is 0 Å². The van der Waals surface area contributed by atoms with E-state index in [1.807, 2.05) is 0 Å². The number of hydrogen-bond donors (Lipinski definition) is 0. The molecule has 4 atom stereocenters. The molecule has 0 heteroatoms. The Morgan fingerprint density at radius 3 is 2.31 bits per heavy atom. The van der Waals surface area contributed by atoms with Gasteiger partial charge in [0.05, 0.1) is 0 Å². The van der Waals surface area contributed by atoms with E-state index in [1.54, 1.807) is 0 Å². The lowest BCUT2D eigenvalue weighted by molar-refractivity contribution is 0.321. The van der Waals surface area contributed by atoms with Crippen LogP contribution in [0, 0.1) is 23.7 Å². The minimum atomic E-state index is 0.961. The molecule has 0 bridgehead atoms. The van der Waals surface area contributed by atoms with Gasteiger partial charge in [0.1, 0.15) is 0 Å². The Bertz CT molecular complexity index is 139. The fourth-order valence-electron chi connectivity index (χ4n) is 2.78. The minimum Gasteiger partial charge on any atom is -0.0654 e. The van der Waals surface area contributed by atoms with Crippen molar-refractivity contribution in [1.29, 1.82) is 0 Å². The summed E-state index contributed by atoms with van der Waals surface area (Å²) in [4.78, 5) is 0. The lowest BCUT2D eigenvalue weighted by atomic mass is 9.87. The summed E-state index contributed by atoms with van der Waals surface area (Å²) >= 11 is 0. The van der Waals surface area contributed by atoms with E-state index in [-0.39, 0.29) is 0 Å². The Labute approximate surface area is 84.1 Å². The monoisotopic (exact) mass is 182 g/mol. The average Bonchev–Trinajstić information content (AvgIpc) is 2.79. The summed E-state index contributed by atoms with van der Waals surface area (Å²) < 4.78 is 0. The van der Waals surface area contributed by atoms with Gasteiger partial charge < -0.3 is 0 Å². The zero-order chi connectivity index (χ0) is 9.84. The van der Waals surface area contributed by atoms with Gasteiger partial charge in [-0.25, -0.2) is 0 Å². The fraction of sp³-hybridized carbons (Fsp3) is 1.00. The summed E-state index contributed by atoms with van der Waals surface area (Å²) in [5.74, 6) is 4.13. The van der Waals surface area contributed by atoms with Crippen molar-refractivity contribution in [3.63, 3.8) is 0 Å². The van der Waals surface area contributed by atoms with E-state index in [9.17, 15) is 0 Å². The van der Waals surface area contributed by atoms with E-state index >= 15 is 0 Å². The molecule has 1 fully saturated rings. The van der Waals surface area contributed by atoms with E-state index < -0.39 is 0 Å². The summed E-state index contributed by atoms with van der Waals surface area (Å²) in [6.45, 7) is 9.52. The first kappa shape index (κ1) is 11.1. The van der Waals surface area contributed by atoms with Gasteiger partial charge in [-0.1, -0.05) is 47.0 Å². The molecule has 78 valence electrons. The Balaban J connectivity index is 2.23. The van der Waals surface area contributed by atoms with Crippen LogP contribution in [0.1, 0.15) is 59.8 Å². The van der Waals surface area contributed by atoms with Gasteiger partial charge in [-0.2, -0.15) is 0 Å². The topological polar surface area (TPSA) is 0 Å². The highest BCUT2D eigenvalue weighted by molar-refractivity contribution is 4.88. The molecule has 0 nitrogen and oxygen atoms in total. The zero-order valence-electron chi connectivity index (χ0n) is 9.84. The highest BCUT2D eigenvalue weighted by Gasteiger charge is 2.38. The van der Waals surface area contributed by atoms with Crippen molar-refractivity contribution in [1.82, 2.24) is 0 Å². The predicted octanol–water partition coefficient (Wildman–Crippen LogP) is 4.49. The molecule has 0 saturated heterocycles. The Hall–Kier alpha value is 0. The summed E-state index contributed by atoms with van der Waals surface area (Å²) in [6.07, 6.45) is 7.19. The smallest absolute Gasteiger partial charge is 0.0357 e. The van der Waals surface area contributed by atoms with Crippen molar-refractivity contribution >= 4 is 0 Å². The molecule has 0 aromatic carbocycles. The van der Waals surface area contributed by atoms with Gasteiger partial charge in [0.25, 0.3) is 0 Å². The first-order chi connectivity index (χ1) is 6.19. The van der Waals surface area contributed by atoms with E-state index in [0.717, 1.165) is 23.7 Å². The van der Waals surface area contributed by atoms with Crippen molar-refractivity contribution < 1.29 is 0 Å². The molecule has 1 rings (SSSR count). The molecule has 0 heterocycles. The molecule has 0 spiro atoms. The molecule has 0 aromatic heterocycles. The van der Waals surface area contributed by atoms with Gasteiger partial charge in [-0.3, -0.25) is 0 Å². The highest BCUT2D eigenvalue weighted by Crippen LogP contribution is 2.47. The van der Waals surface area contributed by atoms with Crippen molar-refractivity contribution in [2.45, 2.75) is 59.8 Å². The molecule has 0 amide bonds. The first-order valence-corrected chi connectivity index (χ1v) is 6.19. The summed E-state index contributed by atoms with van der Waals surface area (Å²) in [7, 11) is 0. The van der Waals surface area contributed by atoms with Gasteiger partial charge in [0.15, 0.2) is 0 Å². The van der Waals surface area contributed by atoms with Gasteiger partial charge in [-0.15, -0.1) is 0 Å². The van der Waals surface area contributed by atoms with Crippen molar-refractivity contribution in [2.24, 2.45) is 23.7 Å². The van der Waals surface area contributed by atoms with Crippen LogP contribution in [0.5, 0.6) is 0 Å². The Morgan fingerprint density at radius 1 is 1.31 bits per heavy atom. The van der Waals surface area contributed by atoms with Gasteiger partial charge >= 0.3 is 0 Å². The molecule has 0 aromatic rings. The molecule has 4 unspecified atom stereocenters. The molecular weight excluding hydrogens is 156 g/mol. The molecule has 1 saturated carbocycles. The van der Waals surface area contributed by atoms with Crippen LogP contribution >= 0.6 is 0 Å². The third-order valence-corrected chi connectivity index (χ3v) is 3.79. The molecular formula is C13H26. The quantitative estimate of drug-likeness (QED) is 0.567. The van der Waals surface area contributed by atoms with Gasteiger partial charge in [0.2, 0.25) is 0 Å². The second-order valence-electron chi connectivity index (χ2n) is 5.17. The lowest BCUT2D eigenvalue weighted by Gasteiger charge is -2.19. The van der Waals surface area contributed by atoms with Crippen LogP contribution in [0.25, 0.3) is 0 Å². The third kappa shape index (κ3) is 3.32. The van der Waals surface area contributed by atoms with Crippen LogP contribution < -0.4 is 0 Å². The maximum atomic E-state index is 2.43. The molecule has 13 heavy (non-hydrogen) atoms. The molecule has 1 aliphatic rings. The molecule has 0 aliphatic heterocycles.